The molecule has 0 spiro atoms. The number of hydrogen-bond donors (Lipinski definition) is 1. The number of hydrogen-bond acceptors (Lipinski definition) is 3. The highest BCUT2D eigenvalue weighted by molar-refractivity contribution is 5.78. The summed E-state index contributed by atoms with van der Waals surface area (Å²) in [5.74, 6) is 1.69. The molecule has 0 aromatic heterocycles. The lowest BCUT2D eigenvalue weighted by Gasteiger charge is -2.17. The number of amides is 1. The molecule has 1 aromatic rings. The topological polar surface area (TPSA) is 49.8 Å². The average Bonchev–Trinajstić information content (AvgIpc) is 2.94. The summed E-state index contributed by atoms with van der Waals surface area (Å²) in [6.45, 7) is 6.11. The molecule has 4 heteroatoms. The van der Waals surface area contributed by atoms with E-state index in [-0.39, 0.29) is 19.1 Å². The van der Waals surface area contributed by atoms with Gasteiger partial charge in [-0.2, -0.15) is 0 Å². The molecule has 1 aliphatic heterocycles. The van der Waals surface area contributed by atoms with E-state index in [0.717, 1.165) is 31.7 Å². The van der Waals surface area contributed by atoms with E-state index in [1.54, 1.807) is 0 Å². The summed E-state index contributed by atoms with van der Waals surface area (Å²) in [4.78, 5) is 13.9. The fourth-order valence-electron chi connectivity index (χ4n) is 2.66. The summed E-state index contributed by atoms with van der Waals surface area (Å²) < 4.78 is 5.57. The standard InChI is InChI=1S/C17H25NO3/c1-13(2)15-3-5-16(6-4-15)21-12-17(20)18-9-7-14(11-18)8-10-19/h3-6,13-14,19H,7-12H2,1-2H3. The van der Waals surface area contributed by atoms with Crippen LogP contribution in [0.5, 0.6) is 5.75 Å². The predicted octanol–water partition coefficient (Wildman–Crippen LogP) is 2.42. The van der Waals surface area contributed by atoms with Crippen molar-refractivity contribution in [3.63, 3.8) is 0 Å². The second kappa shape index (κ2) is 7.46. The molecule has 1 aromatic carbocycles. The van der Waals surface area contributed by atoms with Crippen LogP contribution in [0, 0.1) is 5.92 Å². The van der Waals surface area contributed by atoms with Crippen LogP contribution in [-0.4, -0.2) is 42.2 Å². The molecule has 0 radical (unpaired) electrons. The van der Waals surface area contributed by atoms with Crippen LogP contribution in [0.15, 0.2) is 24.3 Å². The van der Waals surface area contributed by atoms with Gasteiger partial charge in [-0.05, 0) is 42.4 Å². The lowest BCUT2D eigenvalue weighted by atomic mass is 10.0. The number of carbonyl (C=O) groups excluding carboxylic acids is 1. The van der Waals surface area contributed by atoms with Crippen molar-refractivity contribution >= 4 is 5.91 Å². The van der Waals surface area contributed by atoms with Crippen molar-refractivity contribution in [3.8, 4) is 5.75 Å². The van der Waals surface area contributed by atoms with Gasteiger partial charge in [-0.25, -0.2) is 0 Å². The van der Waals surface area contributed by atoms with Gasteiger partial charge in [-0.1, -0.05) is 26.0 Å². The summed E-state index contributed by atoms with van der Waals surface area (Å²) in [6, 6.07) is 7.91. The summed E-state index contributed by atoms with van der Waals surface area (Å²) in [7, 11) is 0. The van der Waals surface area contributed by atoms with Gasteiger partial charge < -0.3 is 14.7 Å². The molecule has 4 nitrogen and oxygen atoms in total. The van der Waals surface area contributed by atoms with E-state index >= 15 is 0 Å². The third-order valence-electron chi connectivity index (χ3n) is 4.08. The van der Waals surface area contributed by atoms with E-state index in [4.69, 9.17) is 9.84 Å². The smallest absolute Gasteiger partial charge is 0.260 e. The van der Waals surface area contributed by atoms with Crippen LogP contribution in [0.3, 0.4) is 0 Å². The first-order valence-electron chi connectivity index (χ1n) is 7.71. The Balaban J connectivity index is 1.79. The third kappa shape index (κ3) is 4.46. The highest BCUT2D eigenvalue weighted by Crippen LogP contribution is 2.21. The number of aliphatic hydroxyl groups excluding tert-OH is 1. The molecular weight excluding hydrogens is 266 g/mol. The van der Waals surface area contributed by atoms with Crippen molar-refractivity contribution in [2.45, 2.75) is 32.6 Å². The largest absolute Gasteiger partial charge is 0.484 e. The molecule has 21 heavy (non-hydrogen) atoms. The Morgan fingerprint density at radius 3 is 2.71 bits per heavy atom. The number of likely N-dealkylation sites (tertiary alicyclic amines) is 1. The Morgan fingerprint density at radius 2 is 2.10 bits per heavy atom. The molecule has 2 rings (SSSR count). The van der Waals surface area contributed by atoms with E-state index in [0.29, 0.717) is 11.8 Å². The molecule has 1 atom stereocenters. The second-order valence-corrected chi connectivity index (χ2v) is 6.02. The van der Waals surface area contributed by atoms with Gasteiger partial charge in [0.1, 0.15) is 5.75 Å². The lowest BCUT2D eigenvalue weighted by molar-refractivity contribution is -0.132. The number of benzene rings is 1. The Kier molecular flexibility index (Phi) is 5.62. The first-order chi connectivity index (χ1) is 10.1. The third-order valence-corrected chi connectivity index (χ3v) is 4.08. The molecule has 1 fully saturated rings. The second-order valence-electron chi connectivity index (χ2n) is 6.02. The number of ether oxygens (including phenoxy) is 1. The quantitative estimate of drug-likeness (QED) is 0.875. The molecule has 1 heterocycles. The zero-order chi connectivity index (χ0) is 15.2. The van der Waals surface area contributed by atoms with Crippen LogP contribution in [0.2, 0.25) is 0 Å². The molecule has 0 bridgehead atoms. The van der Waals surface area contributed by atoms with Crippen LogP contribution in [0.4, 0.5) is 0 Å². The molecule has 1 unspecified atom stereocenters. The maximum atomic E-state index is 12.1. The summed E-state index contributed by atoms with van der Waals surface area (Å²) in [5.41, 5.74) is 1.26. The Morgan fingerprint density at radius 1 is 1.38 bits per heavy atom. The molecule has 0 aliphatic carbocycles. The predicted molar refractivity (Wildman–Crippen MR) is 82.4 cm³/mol. The number of nitrogens with zero attached hydrogens (tertiary/aromatic N) is 1. The van der Waals surface area contributed by atoms with Gasteiger partial charge in [0, 0.05) is 19.7 Å². The van der Waals surface area contributed by atoms with Gasteiger partial charge in [-0.3, -0.25) is 4.79 Å². The van der Waals surface area contributed by atoms with Gasteiger partial charge in [-0.15, -0.1) is 0 Å². The van der Waals surface area contributed by atoms with Crippen molar-refractivity contribution < 1.29 is 14.6 Å². The highest BCUT2D eigenvalue weighted by Gasteiger charge is 2.25. The average molecular weight is 291 g/mol. The molecule has 1 N–H and O–H groups in total. The zero-order valence-corrected chi connectivity index (χ0v) is 12.9. The van der Waals surface area contributed by atoms with Gasteiger partial charge in [0.25, 0.3) is 5.91 Å². The summed E-state index contributed by atoms with van der Waals surface area (Å²) >= 11 is 0. The van der Waals surface area contributed by atoms with Crippen LogP contribution in [0.1, 0.15) is 38.2 Å². The van der Waals surface area contributed by atoms with Crippen LogP contribution in [-0.2, 0) is 4.79 Å². The normalized spacial score (nSPS) is 18.3. The lowest BCUT2D eigenvalue weighted by Crippen LogP contribution is -2.33. The fraction of sp³-hybridized carbons (Fsp3) is 0.588. The monoisotopic (exact) mass is 291 g/mol. The maximum absolute atomic E-state index is 12.1. The van der Waals surface area contributed by atoms with Gasteiger partial charge in [0.15, 0.2) is 6.61 Å². The van der Waals surface area contributed by atoms with Crippen LogP contribution < -0.4 is 4.74 Å². The fourth-order valence-corrected chi connectivity index (χ4v) is 2.66. The van der Waals surface area contributed by atoms with Crippen LogP contribution >= 0.6 is 0 Å². The number of rotatable bonds is 6. The van der Waals surface area contributed by atoms with E-state index in [1.165, 1.54) is 5.56 Å². The minimum absolute atomic E-state index is 0.0309. The SMILES string of the molecule is CC(C)c1ccc(OCC(=O)N2CCC(CCO)C2)cc1. The minimum Gasteiger partial charge on any atom is -0.484 e. The zero-order valence-electron chi connectivity index (χ0n) is 12.9. The minimum atomic E-state index is 0.0309. The van der Waals surface area contributed by atoms with E-state index in [1.807, 2.05) is 29.2 Å². The molecular formula is C17H25NO3. The van der Waals surface area contributed by atoms with E-state index in [9.17, 15) is 4.79 Å². The van der Waals surface area contributed by atoms with Gasteiger partial charge in [0.2, 0.25) is 0 Å². The molecule has 1 saturated heterocycles. The maximum Gasteiger partial charge on any atom is 0.260 e. The number of carbonyl (C=O) groups is 1. The first-order valence-corrected chi connectivity index (χ1v) is 7.71. The number of aliphatic hydroxyl groups is 1. The Labute approximate surface area is 126 Å². The van der Waals surface area contributed by atoms with Gasteiger partial charge >= 0.3 is 0 Å². The molecule has 0 saturated carbocycles. The highest BCUT2D eigenvalue weighted by atomic mass is 16.5. The molecule has 116 valence electrons. The van der Waals surface area contributed by atoms with Crippen molar-refractivity contribution in [2.24, 2.45) is 5.92 Å². The first kappa shape index (κ1) is 15.8. The van der Waals surface area contributed by atoms with E-state index < -0.39 is 0 Å². The Bertz CT molecular complexity index is 456. The summed E-state index contributed by atoms with van der Waals surface area (Å²) in [6.07, 6.45) is 1.76. The Hall–Kier alpha value is -1.55. The van der Waals surface area contributed by atoms with Crippen molar-refractivity contribution in [1.82, 2.24) is 4.90 Å². The molecule has 1 amide bonds. The van der Waals surface area contributed by atoms with Crippen molar-refractivity contribution in [2.75, 3.05) is 26.3 Å². The van der Waals surface area contributed by atoms with E-state index in [2.05, 4.69) is 13.8 Å². The summed E-state index contributed by atoms with van der Waals surface area (Å²) in [5, 5.41) is 8.94. The molecule has 1 aliphatic rings. The van der Waals surface area contributed by atoms with Crippen molar-refractivity contribution in [3.05, 3.63) is 29.8 Å². The van der Waals surface area contributed by atoms with Crippen molar-refractivity contribution in [1.29, 1.82) is 0 Å². The van der Waals surface area contributed by atoms with Crippen LogP contribution in [0.25, 0.3) is 0 Å². The van der Waals surface area contributed by atoms with Gasteiger partial charge in [0.05, 0.1) is 0 Å².